The van der Waals surface area contributed by atoms with Gasteiger partial charge in [-0.25, -0.2) is 0 Å². The largest absolute Gasteiger partial charge is 0.366 e. The van der Waals surface area contributed by atoms with Gasteiger partial charge in [0.1, 0.15) is 5.60 Å². The molecule has 0 aromatic rings. The summed E-state index contributed by atoms with van der Waals surface area (Å²) >= 11 is 2.40. The van der Waals surface area contributed by atoms with Gasteiger partial charge in [-0.2, -0.15) is 0 Å². The number of hydrogen-bond acceptors (Lipinski definition) is 3. The zero-order valence-electron chi connectivity index (χ0n) is 11.7. The molecule has 18 heavy (non-hydrogen) atoms. The fraction of sp³-hybridized carbons (Fsp3) is 1.00. The molecule has 2 aliphatic heterocycles. The Hall–Kier alpha value is 0.610. The van der Waals surface area contributed by atoms with E-state index in [4.69, 9.17) is 14.2 Å². The zero-order chi connectivity index (χ0) is 13.2. The van der Waals surface area contributed by atoms with Gasteiger partial charge < -0.3 is 14.2 Å². The summed E-state index contributed by atoms with van der Waals surface area (Å²) in [5.74, 6) is 0. The molecule has 3 nitrogen and oxygen atoms in total. The second kappa shape index (κ2) is 5.94. The highest BCUT2D eigenvalue weighted by atomic mass is 127. The molecule has 2 heterocycles. The van der Waals surface area contributed by atoms with E-state index in [-0.39, 0.29) is 17.5 Å². The summed E-state index contributed by atoms with van der Waals surface area (Å²) in [6.45, 7) is 7.37. The SMILES string of the molecule is CC(C)(CC[C@@H]1O[C@@]1(C)CI)OC1CCCCO1. The van der Waals surface area contributed by atoms with E-state index >= 15 is 0 Å². The van der Waals surface area contributed by atoms with Crippen molar-refractivity contribution in [2.75, 3.05) is 11.0 Å². The molecule has 0 radical (unpaired) electrons. The maximum Gasteiger partial charge on any atom is 0.158 e. The third-order valence-electron chi connectivity index (χ3n) is 3.90. The lowest BCUT2D eigenvalue weighted by atomic mass is 9.97. The van der Waals surface area contributed by atoms with Gasteiger partial charge in [0.15, 0.2) is 6.29 Å². The first-order valence-corrected chi connectivity index (χ1v) is 8.51. The Kier molecular flexibility index (Phi) is 4.95. The lowest BCUT2D eigenvalue weighted by molar-refractivity contribution is -0.217. The van der Waals surface area contributed by atoms with Gasteiger partial charge in [-0.15, -0.1) is 0 Å². The maximum absolute atomic E-state index is 6.08. The number of alkyl halides is 1. The third-order valence-corrected chi connectivity index (χ3v) is 5.41. The molecule has 0 N–H and O–H groups in total. The van der Waals surface area contributed by atoms with Crippen molar-refractivity contribution < 1.29 is 14.2 Å². The van der Waals surface area contributed by atoms with Crippen LogP contribution in [0.2, 0.25) is 0 Å². The Morgan fingerprint density at radius 1 is 1.39 bits per heavy atom. The topological polar surface area (TPSA) is 31.0 Å². The number of hydrogen-bond donors (Lipinski definition) is 0. The summed E-state index contributed by atoms with van der Waals surface area (Å²) in [7, 11) is 0. The minimum atomic E-state index is -0.111. The average Bonchev–Trinajstić information content (AvgIpc) is 3.00. The summed E-state index contributed by atoms with van der Waals surface area (Å²) in [5.41, 5.74) is 0.0120. The van der Waals surface area contributed by atoms with Crippen molar-refractivity contribution in [1.29, 1.82) is 0 Å². The fourth-order valence-corrected chi connectivity index (χ4v) is 3.14. The lowest BCUT2D eigenvalue weighted by Gasteiger charge is -2.32. The Balaban J connectivity index is 1.70. The van der Waals surface area contributed by atoms with Crippen molar-refractivity contribution in [3.05, 3.63) is 0 Å². The highest BCUT2D eigenvalue weighted by molar-refractivity contribution is 14.1. The van der Waals surface area contributed by atoms with Crippen LogP contribution in [0.5, 0.6) is 0 Å². The minimum absolute atomic E-state index is 0.00447. The third kappa shape index (κ3) is 4.05. The fourth-order valence-electron chi connectivity index (χ4n) is 2.47. The number of ether oxygens (including phenoxy) is 3. The Bertz CT molecular complexity index is 276. The van der Waals surface area contributed by atoms with E-state index < -0.39 is 0 Å². The Labute approximate surface area is 124 Å². The zero-order valence-corrected chi connectivity index (χ0v) is 13.9. The minimum Gasteiger partial charge on any atom is -0.366 e. The van der Waals surface area contributed by atoms with Gasteiger partial charge >= 0.3 is 0 Å². The summed E-state index contributed by atoms with van der Waals surface area (Å²) < 4.78 is 18.5. The molecule has 0 bridgehead atoms. The van der Waals surface area contributed by atoms with Crippen molar-refractivity contribution >= 4 is 22.6 Å². The van der Waals surface area contributed by atoms with Crippen LogP contribution < -0.4 is 0 Å². The predicted octanol–water partition coefficient (Wildman–Crippen LogP) is 3.68. The summed E-state index contributed by atoms with van der Waals surface area (Å²) in [6.07, 6.45) is 5.97. The number of epoxide rings is 1. The molecule has 0 amide bonds. The highest BCUT2D eigenvalue weighted by Crippen LogP contribution is 2.42. The van der Waals surface area contributed by atoms with Crippen molar-refractivity contribution in [2.45, 2.75) is 76.5 Å². The second-order valence-corrected chi connectivity index (χ2v) is 7.03. The van der Waals surface area contributed by atoms with Crippen LogP contribution in [0.4, 0.5) is 0 Å². The first kappa shape index (κ1) is 15.0. The first-order valence-electron chi connectivity index (χ1n) is 6.98. The van der Waals surface area contributed by atoms with E-state index in [9.17, 15) is 0 Å². The number of rotatable bonds is 6. The molecule has 0 saturated carbocycles. The van der Waals surface area contributed by atoms with E-state index in [2.05, 4.69) is 43.4 Å². The summed E-state index contributed by atoms with van der Waals surface area (Å²) in [4.78, 5) is 0. The van der Waals surface area contributed by atoms with Gasteiger partial charge in [0.25, 0.3) is 0 Å². The van der Waals surface area contributed by atoms with Gasteiger partial charge in [-0.3, -0.25) is 0 Å². The van der Waals surface area contributed by atoms with Crippen LogP contribution in [0.25, 0.3) is 0 Å². The summed E-state index contributed by atoms with van der Waals surface area (Å²) in [6, 6.07) is 0. The van der Waals surface area contributed by atoms with Crippen molar-refractivity contribution in [3.8, 4) is 0 Å². The molecule has 0 aliphatic carbocycles. The molecular formula is C14H25IO3. The molecule has 1 unspecified atom stereocenters. The van der Waals surface area contributed by atoms with Gasteiger partial charge in [-0.05, 0) is 52.9 Å². The first-order chi connectivity index (χ1) is 8.45. The summed E-state index contributed by atoms with van der Waals surface area (Å²) in [5, 5.41) is 0. The van der Waals surface area contributed by atoms with Gasteiger partial charge in [0.2, 0.25) is 0 Å². The molecule has 0 aromatic carbocycles. The molecule has 0 spiro atoms. The van der Waals surface area contributed by atoms with Crippen LogP contribution in [-0.4, -0.2) is 34.6 Å². The van der Waals surface area contributed by atoms with Crippen LogP contribution >= 0.6 is 22.6 Å². The van der Waals surface area contributed by atoms with Gasteiger partial charge in [-0.1, -0.05) is 22.6 Å². The van der Waals surface area contributed by atoms with E-state index in [0.29, 0.717) is 6.10 Å². The quantitative estimate of drug-likeness (QED) is 0.407. The molecule has 2 fully saturated rings. The van der Waals surface area contributed by atoms with Crippen molar-refractivity contribution in [2.24, 2.45) is 0 Å². The van der Waals surface area contributed by atoms with Crippen molar-refractivity contribution in [1.82, 2.24) is 0 Å². The van der Waals surface area contributed by atoms with E-state index in [1.54, 1.807) is 0 Å². The van der Waals surface area contributed by atoms with Gasteiger partial charge in [0, 0.05) is 11.0 Å². The average molecular weight is 368 g/mol. The molecule has 3 atom stereocenters. The smallest absolute Gasteiger partial charge is 0.158 e. The second-order valence-electron chi connectivity index (χ2n) is 6.27. The van der Waals surface area contributed by atoms with Gasteiger partial charge in [0.05, 0.1) is 11.7 Å². The van der Waals surface area contributed by atoms with E-state index in [1.165, 1.54) is 12.8 Å². The Morgan fingerprint density at radius 2 is 2.17 bits per heavy atom. The molecular weight excluding hydrogens is 343 g/mol. The number of halogens is 1. The maximum atomic E-state index is 6.08. The van der Waals surface area contributed by atoms with Crippen LogP contribution in [0, 0.1) is 0 Å². The monoisotopic (exact) mass is 368 g/mol. The van der Waals surface area contributed by atoms with Crippen LogP contribution in [0.1, 0.15) is 52.9 Å². The van der Waals surface area contributed by atoms with Crippen LogP contribution in [-0.2, 0) is 14.2 Å². The molecule has 2 aliphatic rings. The Morgan fingerprint density at radius 3 is 2.72 bits per heavy atom. The van der Waals surface area contributed by atoms with Crippen molar-refractivity contribution in [3.63, 3.8) is 0 Å². The molecule has 2 saturated heterocycles. The van der Waals surface area contributed by atoms with E-state index in [0.717, 1.165) is 30.3 Å². The molecule has 4 heteroatoms. The molecule has 0 aromatic heterocycles. The normalized spacial score (nSPS) is 36.7. The standard InChI is InChI=1S/C14H25IO3/c1-13(2,18-12-6-4-5-9-16-12)8-7-11-14(3,10-15)17-11/h11-12H,4-10H2,1-3H3/t11-,12?,14-/m0/s1. The van der Waals surface area contributed by atoms with Crippen LogP contribution in [0.15, 0.2) is 0 Å². The highest BCUT2D eigenvalue weighted by Gasteiger charge is 2.51. The molecule has 106 valence electrons. The molecule has 2 rings (SSSR count). The lowest BCUT2D eigenvalue weighted by Crippen LogP contribution is -2.34. The van der Waals surface area contributed by atoms with E-state index in [1.807, 2.05) is 0 Å². The van der Waals surface area contributed by atoms with Crippen LogP contribution in [0.3, 0.4) is 0 Å². The predicted molar refractivity (Wildman–Crippen MR) is 80.2 cm³/mol.